The fourth-order valence-electron chi connectivity index (χ4n) is 1.95. The summed E-state index contributed by atoms with van der Waals surface area (Å²) in [5.41, 5.74) is 0. The van der Waals surface area contributed by atoms with Gasteiger partial charge in [0.1, 0.15) is 5.75 Å². The second-order valence-electron chi connectivity index (χ2n) is 4.27. The first-order valence-electron chi connectivity index (χ1n) is 6.23. The minimum Gasteiger partial charge on any atom is -0.496 e. The molecule has 1 saturated heterocycles. The molecule has 0 N–H and O–H groups in total. The highest BCUT2D eigenvalue weighted by molar-refractivity contribution is 5.38. The lowest BCUT2D eigenvalue weighted by Gasteiger charge is -2.21. The third-order valence-corrected chi connectivity index (χ3v) is 3.01. The molecule has 94 valence electrons. The van der Waals surface area contributed by atoms with Crippen LogP contribution in [0, 0.1) is 10.4 Å². The van der Waals surface area contributed by atoms with Crippen LogP contribution in [0.2, 0.25) is 0 Å². The van der Waals surface area contributed by atoms with Crippen molar-refractivity contribution in [1.82, 2.24) is 0 Å². The van der Waals surface area contributed by atoms with Crippen LogP contribution in [0.5, 0.6) is 5.75 Å². The number of hydrogen-bond donors (Lipinski definition) is 0. The van der Waals surface area contributed by atoms with E-state index in [-0.39, 0.29) is 0 Å². The van der Waals surface area contributed by atoms with E-state index in [4.69, 9.17) is 14.2 Å². The van der Waals surface area contributed by atoms with E-state index < -0.39 is 0 Å². The summed E-state index contributed by atoms with van der Waals surface area (Å²) in [4.78, 5) is 0. The number of hydrogen-bond acceptors (Lipinski definition) is 3. The Kier molecular flexibility index (Phi) is 4.40. The van der Waals surface area contributed by atoms with E-state index in [9.17, 15) is 0 Å². The summed E-state index contributed by atoms with van der Waals surface area (Å²) in [7, 11) is 1.70. The van der Waals surface area contributed by atoms with Crippen LogP contribution in [0.25, 0.3) is 0 Å². The molecule has 1 heterocycles. The fraction of sp³-hybridized carbons (Fsp3) is 0.571. The van der Waals surface area contributed by atoms with Crippen molar-refractivity contribution in [3.63, 3.8) is 0 Å². The molecule has 0 spiro atoms. The predicted octanol–water partition coefficient (Wildman–Crippen LogP) is 2.50. The zero-order valence-electron chi connectivity index (χ0n) is 10.6. The third kappa shape index (κ3) is 2.99. The summed E-state index contributed by atoms with van der Waals surface area (Å²) in [6.07, 6.45) is 2.71. The van der Waals surface area contributed by atoms with Crippen molar-refractivity contribution in [2.75, 3.05) is 26.9 Å². The molecule has 0 aromatic rings. The molecule has 0 amide bonds. The quantitative estimate of drug-likeness (QED) is 0.819. The van der Waals surface area contributed by atoms with Crippen LogP contribution in [0.15, 0.2) is 18.2 Å². The minimum absolute atomic E-state index is 0.378. The lowest BCUT2D eigenvalue weighted by molar-refractivity contribution is -0.0906. The summed E-state index contributed by atoms with van der Waals surface area (Å²) < 4.78 is 15.6. The minimum atomic E-state index is 0.378. The van der Waals surface area contributed by atoms with Gasteiger partial charge in [-0.25, -0.2) is 0 Å². The monoisotopic (exact) mass is 236 g/mol. The molecule has 3 nitrogen and oxygen atoms in total. The Morgan fingerprint density at radius 3 is 2.59 bits per heavy atom. The van der Waals surface area contributed by atoms with Gasteiger partial charge in [-0.2, -0.15) is 0 Å². The lowest BCUT2D eigenvalue weighted by atomic mass is 10.1. The summed E-state index contributed by atoms with van der Waals surface area (Å²) in [6.45, 7) is 4.52. The summed E-state index contributed by atoms with van der Waals surface area (Å²) in [6, 6.07) is 6.18. The second kappa shape index (κ2) is 6.03. The lowest BCUT2D eigenvalue weighted by Crippen LogP contribution is -2.28. The molecule has 3 aliphatic rings. The molecular weight excluding hydrogens is 216 g/mol. The number of benzene rings is 1. The van der Waals surface area contributed by atoms with Crippen LogP contribution in [-0.2, 0) is 9.47 Å². The molecule has 1 unspecified atom stereocenters. The second-order valence-corrected chi connectivity index (χ2v) is 4.27. The third-order valence-electron chi connectivity index (χ3n) is 3.01. The maximum Gasteiger partial charge on any atom is 0.127 e. The van der Waals surface area contributed by atoms with E-state index in [2.05, 4.69) is 19.1 Å². The van der Waals surface area contributed by atoms with Crippen LogP contribution in [0.3, 0.4) is 0 Å². The topological polar surface area (TPSA) is 27.7 Å². The molecule has 1 atom stereocenters. The van der Waals surface area contributed by atoms with Crippen molar-refractivity contribution in [3.8, 4) is 5.75 Å². The van der Waals surface area contributed by atoms with Gasteiger partial charge in [-0.05, 0) is 17.7 Å². The molecule has 17 heavy (non-hydrogen) atoms. The van der Waals surface area contributed by atoms with E-state index >= 15 is 0 Å². The zero-order valence-corrected chi connectivity index (χ0v) is 10.6. The van der Waals surface area contributed by atoms with Crippen molar-refractivity contribution < 1.29 is 14.2 Å². The van der Waals surface area contributed by atoms with E-state index in [1.165, 1.54) is 16.9 Å². The van der Waals surface area contributed by atoms with Gasteiger partial charge >= 0.3 is 0 Å². The molecule has 0 aromatic heterocycles. The van der Waals surface area contributed by atoms with Gasteiger partial charge in [0.15, 0.2) is 0 Å². The molecule has 2 aliphatic carbocycles. The molecule has 3 rings (SSSR count). The highest BCUT2D eigenvalue weighted by Gasteiger charge is 2.11. The number of ether oxygens (including phenoxy) is 3. The largest absolute Gasteiger partial charge is 0.496 e. The van der Waals surface area contributed by atoms with Crippen LogP contribution in [-0.4, -0.2) is 33.0 Å². The normalized spacial score (nSPS) is 20.2. The average molecular weight is 236 g/mol. The highest BCUT2D eigenvalue weighted by Crippen LogP contribution is 2.22. The van der Waals surface area contributed by atoms with E-state index in [0.717, 1.165) is 32.0 Å². The van der Waals surface area contributed by atoms with Gasteiger partial charge in [-0.3, -0.25) is 0 Å². The first-order chi connectivity index (χ1) is 8.35. The summed E-state index contributed by atoms with van der Waals surface area (Å²) in [5, 5.41) is 2.62. The first-order valence-corrected chi connectivity index (χ1v) is 6.23. The van der Waals surface area contributed by atoms with E-state index in [0.29, 0.717) is 6.10 Å². The predicted molar refractivity (Wildman–Crippen MR) is 66.1 cm³/mol. The van der Waals surface area contributed by atoms with Crippen molar-refractivity contribution >= 4 is 0 Å². The van der Waals surface area contributed by atoms with Gasteiger partial charge in [0.2, 0.25) is 0 Å². The van der Waals surface area contributed by atoms with Gasteiger partial charge in [0.05, 0.1) is 33.0 Å². The van der Waals surface area contributed by atoms with Crippen molar-refractivity contribution in [1.29, 1.82) is 0 Å². The van der Waals surface area contributed by atoms with Crippen LogP contribution >= 0.6 is 0 Å². The molecule has 0 aromatic carbocycles. The summed E-state index contributed by atoms with van der Waals surface area (Å²) in [5.74, 6) is 1.03. The fourth-order valence-corrected chi connectivity index (χ4v) is 1.95. The van der Waals surface area contributed by atoms with Crippen molar-refractivity contribution in [2.45, 2.75) is 25.9 Å². The molecular formula is C14H20O3. The molecule has 1 aliphatic heterocycles. The molecule has 3 heteroatoms. The first kappa shape index (κ1) is 12.4. The Bertz CT molecular complexity index is 433. The Hall–Kier alpha value is -1.06. The summed E-state index contributed by atoms with van der Waals surface area (Å²) >= 11 is 0. The standard InChI is InChI=1S/C7H14O2.C7H6O/c1-2-3-7-6-8-4-5-9-7;1-8-7-4-5-2-3-6(5)7/h7H,2-6H2,1H3;2-4H,1H3. The molecule has 1 fully saturated rings. The van der Waals surface area contributed by atoms with Gasteiger partial charge in [-0.15, -0.1) is 0 Å². The van der Waals surface area contributed by atoms with E-state index in [1.54, 1.807) is 7.11 Å². The number of methoxy groups -OCH3 is 1. The van der Waals surface area contributed by atoms with Gasteiger partial charge < -0.3 is 14.2 Å². The Morgan fingerprint density at radius 1 is 1.35 bits per heavy atom. The Balaban J connectivity index is 0.000000127. The Morgan fingerprint density at radius 2 is 2.24 bits per heavy atom. The highest BCUT2D eigenvalue weighted by atomic mass is 16.6. The Labute approximate surface area is 102 Å². The number of rotatable bonds is 3. The van der Waals surface area contributed by atoms with Crippen LogP contribution in [0.4, 0.5) is 0 Å². The van der Waals surface area contributed by atoms with Gasteiger partial charge in [-0.1, -0.05) is 25.5 Å². The smallest absolute Gasteiger partial charge is 0.127 e. The van der Waals surface area contributed by atoms with Crippen molar-refractivity contribution in [2.24, 2.45) is 0 Å². The van der Waals surface area contributed by atoms with Crippen LogP contribution in [0.1, 0.15) is 19.8 Å². The average Bonchev–Trinajstić information content (AvgIpc) is 2.35. The van der Waals surface area contributed by atoms with Crippen molar-refractivity contribution in [3.05, 3.63) is 28.6 Å². The van der Waals surface area contributed by atoms with E-state index in [1.807, 2.05) is 6.07 Å². The van der Waals surface area contributed by atoms with Gasteiger partial charge in [0.25, 0.3) is 0 Å². The van der Waals surface area contributed by atoms with Crippen LogP contribution < -0.4 is 4.74 Å². The molecule has 0 saturated carbocycles. The molecule has 0 radical (unpaired) electrons. The molecule has 0 bridgehead atoms. The van der Waals surface area contributed by atoms with Gasteiger partial charge in [0, 0.05) is 5.22 Å². The maximum atomic E-state index is 5.39. The zero-order chi connectivity index (χ0) is 12.1. The SMILES string of the molecule is CCCC1COCCO1.COc1cc2ccc1=2. The maximum absolute atomic E-state index is 5.39.